The molecule has 2 bridgehead atoms. The number of rotatable bonds is 4. The molecule has 2 aliphatic rings. The van der Waals surface area contributed by atoms with Crippen LogP contribution in [-0.2, 0) is 21.1 Å². The Balaban J connectivity index is 1.55. The van der Waals surface area contributed by atoms with Gasteiger partial charge in [-0.15, -0.1) is 0 Å². The molecule has 3 heterocycles. The average molecular weight is 404 g/mol. The van der Waals surface area contributed by atoms with Crippen LogP contribution in [0.1, 0.15) is 26.1 Å². The van der Waals surface area contributed by atoms with E-state index in [2.05, 4.69) is 10.3 Å². The average Bonchev–Trinajstić information content (AvgIpc) is 3.05. The number of nitrogens with one attached hydrogen (secondary N) is 1. The van der Waals surface area contributed by atoms with Crippen LogP contribution in [0, 0.1) is 17.8 Å². The van der Waals surface area contributed by atoms with Gasteiger partial charge in [0.1, 0.15) is 5.82 Å². The monoisotopic (exact) mass is 404 g/mol. The lowest BCUT2D eigenvalue weighted by Crippen LogP contribution is -2.62. The molecule has 2 unspecified atom stereocenters. The third kappa shape index (κ3) is 2.97. The number of fused-ring (bicyclic) bond motifs is 3. The maximum atomic E-state index is 13.0. The number of piperidine rings is 2. The van der Waals surface area contributed by atoms with Crippen LogP contribution in [0.15, 0.2) is 29.4 Å². The van der Waals surface area contributed by atoms with Gasteiger partial charge in [-0.25, -0.2) is 9.78 Å². The second kappa shape index (κ2) is 6.58. The van der Waals surface area contributed by atoms with Gasteiger partial charge in [-0.3, -0.25) is 9.00 Å². The summed E-state index contributed by atoms with van der Waals surface area (Å²) in [6.07, 6.45) is 5.15. The normalized spacial score (nSPS) is 25.2. The van der Waals surface area contributed by atoms with Gasteiger partial charge in [-0.1, -0.05) is 0 Å². The molecule has 0 spiro atoms. The Kier molecular flexibility index (Phi) is 4.45. The van der Waals surface area contributed by atoms with Crippen LogP contribution < -0.4 is 5.32 Å². The van der Waals surface area contributed by atoms with E-state index in [0.717, 1.165) is 11.9 Å². The highest BCUT2D eigenvalue weighted by Crippen LogP contribution is 2.46. The largest absolute Gasteiger partial charge is 0.465 e. The maximum Gasteiger partial charge on any atom is 0.407 e. The standard InChI is InChI=1S/C19H24N4O4S/c1-19(2,17-20-8-13-14(28(3)27)5-4-6-23(13)17)21-16(24)15-11-7-12(15)10-22(9-11)18(25)26/h4-6,8,11-12,15H,7,9-10H2,1-3H3,(H,21,24)(H,25,26)/t11-,12+,15?,28?. The van der Waals surface area contributed by atoms with Gasteiger partial charge in [0.05, 0.1) is 32.9 Å². The Labute approximate surface area is 165 Å². The van der Waals surface area contributed by atoms with E-state index in [9.17, 15) is 13.8 Å². The van der Waals surface area contributed by atoms with E-state index in [1.54, 1.807) is 12.5 Å². The van der Waals surface area contributed by atoms with Crippen molar-refractivity contribution < 1.29 is 18.9 Å². The number of imidazole rings is 1. The summed E-state index contributed by atoms with van der Waals surface area (Å²) in [5, 5.41) is 12.3. The lowest BCUT2D eigenvalue weighted by atomic mass is 9.61. The van der Waals surface area contributed by atoms with Gasteiger partial charge in [0.25, 0.3) is 0 Å². The van der Waals surface area contributed by atoms with Crippen LogP contribution >= 0.6 is 0 Å². The Bertz CT molecular complexity index is 973. The van der Waals surface area contributed by atoms with Crippen molar-refractivity contribution in [3.8, 4) is 0 Å². The molecule has 2 fully saturated rings. The fourth-order valence-corrected chi connectivity index (χ4v) is 5.34. The minimum Gasteiger partial charge on any atom is -0.465 e. The Morgan fingerprint density at radius 1 is 1.32 bits per heavy atom. The molecule has 150 valence electrons. The number of carbonyl (C=O) groups is 2. The quantitative estimate of drug-likeness (QED) is 0.807. The summed E-state index contributed by atoms with van der Waals surface area (Å²) >= 11 is 0. The van der Waals surface area contributed by atoms with E-state index in [-0.39, 0.29) is 23.7 Å². The van der Waals surface area contributed by atoms with Gasteiger partial charge >= 0.3 is 6.09 Å². The molecule has 2 amide bonds. The molecule has 1 aliphatic carbocycles. The first-order valence-corrected chi connectivity index (χ1v) is 10.8. The summed E-state index contributed by atoms with van der Waals surface area (Å²) in [5.74, 6) is 0.622. The van der Waals surface area contributed by atoms with E-state index in [4.69, 9.17) is 5.11 Å². The maximum absolute atomic E-state index is 13.0. The SMILES string of the molecule is CS(=O)c1cccn2c(C(C)(C)NC(=O)C3[C@@H]4C[C@H]3CN(C(=O)O)C4)ncc12. The van der Waals surface area contributed by atoms with E-state index in [0.29, 0.717) is 23.8 Å². The summed E-state index contributed by atoms with van der Waals surface area (Å²) in [6.45, 7) is 4.63. The predicted octanol–water partition coefficient (Wildman–Crippen LogP) is 1.67. The van der Waals surface area contributed by atoms with Gasteiger partial charge in [0.15, 0.2) is 0 Å². The molecule has 2 aromatic heterocycles. The zero-order valence-electron chi connectivity index (χ0n) is 16.1. The lowest BCUT2D eigenvalue weighted by Gasteiger charge is -2.52. The van der Waals surface area contributed by atoms with Crippen LogP contribution in [0.25, 0.3) is 5.52 Å². The summed E-state index contributed by atoms with van der Waals surface area (Å²) in [6, 6.07) is 3.63. The van der Waals surface area contributed by atoms with E-state index < -0.39 is 22.4 Å². The van der Waals surface area contributed by atoms with Gasteiger partial charge in [0.2, 0.25) is 5.91 Å². The van der Waals surface area contributed by atoms with Gasteiger partial charge in [-0.05, 0) is 44.2 Å². The number of carboxylic acid groups (broad SMARTS) is 1. The number of carbonyl (C=O) groups excluding carboxylic acids is 1. The zero-order chi connectivity index (χ0) is 20.2. The van der Waals surface area contributed by atoms with Gasteiger partial charge in [0, 0.05) is 31.5 Å². The van der Waals surface area contributed by atoms with Crippen molar-refractivity contribution in [3.63, 3.8) is 0 Å². The molecule has 1 saturated carbocycles. The first-order valence-electron chi connectivity index (χ1n) is 9.29. The predicted molar refractivity (Wildman–Crippen MR) is 103 cm³/mol. The third-order valence-electron chi connectivity index (χ3n) is 5.94. The van der Waals surface area contributed by atoms with E-state index in [1.807, 2.05) is 36.6 Å². The molecule has 1 saturated heterocycles. The fourth-order valence-electron chi connectivity index (χ4n) is 4.62. The smallest absolute Gasteiger partial charge is 0.407 e. The van der Waals surface area contributed by atoms with Crippen molar-refractivity contribution in [1.29, 1.82) is 0 Å². The van der Waals surface area contributed by atoms with Crippen molar-refractivity contribution in [2.24, 2.45) is 17.8 Å². The van der Waals surface area contributed by atoms with Crippen molar-refractivity contribution in [1.82, 2.24) is 19.6 Å². The second-order valence-corrected chi connectivity index (χ2v) is 9.60. The first kappa shape index (κ1) is 18.9. The van der Waals surface area contributed by atoms with Crippen LogP contribution in [-0.4, -0.2) is 54.9 Å². The summed E-state index contributed by atoms with van der Waals surface area (Å²) in [7, 11) is -1.14. The van der Waals surface area contributed by atoms with Crippen molar-refractivity contribution in [2.75, 3.05) is 19.3 Å². The lowest BCUT2D eigenvalue weighted by molar-refractivity contribution is -0.142. The topological polar surface area (TPSA) is 104 Å². The number of likely N-dealkylation sites (tertiary alicyclic amines) is 1. The zero-order valence-corrected chi connectivity index (χ0v) is 16.9. The highest BCUT2D eigenvalue weighted by atomic mass is 32.2. The Morgan fingerprint density at radius 2 is 2.00 bits per heavy atom. The van der Waals surface area contributed by atoms with Crippen molar-refractivity contribution in [3.05, 3.63) is 30.4 Å². The molecular formula is C19H24N4O4S. The number of nitrogens with zero attached hydrogens (tertiary/aromatic N) is 3. The number of hydrogen-bond donors (Lipinski definition) is 2. The second-order valence-electron chi connectivity index (χ2n) is 8.25. The molecule has 0 radical (unpaired) electrons. The summed E-state index contributed by atoms with van der Waals surface area (Å²) in [5.41, 5.74) is 0.0338. The Morgan fingerprint density at radius 3 is 2.61 bits per heavy atom. The molecule has 0 aromatic carbocycles. The fraction of sp³-hybridized carbons (Fsp3) is 0.526. The Hall–Kier alpha value is -2.42. The number of aromatic nitrogens is 2. The molecule has 28 heavy (non-hydrogen) atoms. The molecule has 8 nitrogen and oxygen atoms in total. The highest BCUT2D eigenvalue weighted by Gasteiger charge is 2.52. The summed E-state index contributed by atoms with van der Waals surface area (Å²) in [4.78, 5) is 30.8. The molecule has 4 rings (SSSR count). The van der Waals surface area contributed by atoms with E-state index in [1.165, 1.54) is 4.90 Å². The molecule has 2 N–H and O–H groups in total. The van der Waals surface area contributed by atoms with Crippen LogP contribution in [0.5, 0.6) is 0 Å². The van der Waals surface area contributed by atoms with Crippen LogP contribution in [0.4, 0.5) is 4.79 Å². The molecule has 4 atom stereocenters. The third-order valence-corrected chi connectivity index (χ3v) is 6.91. The van der Waals surface area contributed by atoms with Gasteiger partial charge < -0.3 is 19.7 Å². The van der Waals surface area contributed by atoms with Crippen molar-refractivity contribution in [2.45, 2.75) is 30.7 Å². The highest BCUT2D eigenvalue weighted by molar-refractivity contribution is 7.84. The molecule has 1 aliphatic heterocycles. The van der Waals surface area contributed by atoms with E-state index >= 15 is 0 Å². The molecule has 2 aromatic rings. The summed E-state index contributed by atoms with van der Waals surface area (Å²) < 4.78 is 13.8. The van der Waals surface area contributed by atoms with Gasteiger partial charge in [-0.2, -0.15) is 0 Å². The van der Waals surface area contributed by atoms with Crippen LogP contribution in [0.2, 0.25) is 0 Å². The molecular weight excluding hydrogens is 380 g/mol. The number of pyridine rings is 1. The number of hydrogen-bond acceptors (Lipinski definition) is 4. The number of amides is 2. The van der Waals surface area contributed by atoms with Crippen LogP contribution in [0.3, 0.4) is 0 Å². The van der Waals surface area contributed by atoms with Crippen molar-refractivity contribution >= 4 is 28.3 Å². The molecule has 9 heteroatoms. The minimum absolute atomic E-state index is 0.0525. The first-order chi connectivity index (χ1) is 13.2. The minimum atomic E-state index is -1.14.